The highest BCUT2D eigenvalue weighted by Gasteiger charge is 2.20. The van der Waals surface area contributed by atoms with Crippen molar-refractivity contribution in [1.29, 1.82) is 0 Å². The lowest BCUT2D eigenvalue weighted by molar-refractivity contribution is 0.0595. The summed E-state index contributed by atoms with van der Waals surface area (Å²) in [7, 11) is 1.32. The van der Waals surface area contributed by atoms with Crippen molar-refractivity contribution < 1.29 is 9.53 Å². The summed E-state index contributed by atoms with van der Waals surface area (Å²) < 4.78 is 5.25. The normalized spacial score (nSPS) is 10.3. The lowest BCUT2D eigenvalue weighted by Crippen LogP contribution is -2.03. The fourth-order valence-corrected chi connectivity index (χ4v) is 2.48. The van der Waals surface area contributed by atoms with E-state index in [2.05, 4.69) is 35.6 Å². The van der Waals surface area contributed by atoms with Gasteiger partial charge in [-0.05, 0) is 15.9 Å². The molecule has 0 atom stereocenters. The second-order valence-corrected chi connectivity index (χ2v) is 4.85. The Labute approximate surface area is 97.6 Å². The van der Waals surface area contributed by atoms with Crippen LogP contribution in [0, 0.1) is 0 Å². The van der Waals surface area contributed by atoms with E-state index in [-0.39, 0.29) is 5.69 Å². The second-order valence-electron chi connectivity index (χ2n) is 2.57. The van der Waals surface area contributed by atoms with E-state index in [9.17, 15) is 4.79 Å². The van der Waals surface area contributed by atoms with Gasteiger partial charge in [0.25, 0.3) is 0 Å². The van der Waals surface area contributed by atoms with Crippen molar-refractivity contribution in [2.75, 3.05) is 7.11 Å². The number of thiazole rings is 1. The van der Waals surface area contributed by atoms with E-state index in [4.69, 9.17) is 0 Å². The molecule has 0 aliphatic heterocycles. The predicted molar refractivity (Wildman–Crippen MR) is 58.7 cm³/mol. The third-order valence-corrected chi connectivity index (χ3v) is 3.21. The number of rotatable bonds is 2. The maximum atomic E-state index is 11.4. The summed E-state index contributed by atoms with van der Waals surface area (Å²) in [6.07, 6.45) is 3.30. The Hall–Kier alpha value is -1.21. The van der Waals surface area contributed by atoms with Crippen molar-refractivity contribution in [3.63, 3.8) is 0 Å². The molecule has 5 nitrogen and oxygen atoms in total. The maximum Gasteiger partial charge on any atom is 0.358 e. The Balaban J connectivity index is 2.52. The molecule has 1 N–H and O–H groups in total. The summed E-state index contributed by atoms with van der Waals surface area (Å²) >= 11 is 4.55. The van der Waals surface area contributed by atoms with Crippen LogP contribution in [0.15, 0.2) is 16.3 Å². The Kier molecular flexibility index (Phi) is 2.83. The molecule has 0 fully saturated rings. The second kappa shape index (κ2) is 4.11. The molecule has 2 rings (SSSR count). The maximum absolute atomic E-state index is 11.4. The van der Waals surface area contributed by atoms with Gasteiger partial charge >= 0.3 is 5.97 Å². The molecule has 15 heavy (non-hydrogen) atoms. The van der Waals surface area contributed by atoms with Crippen molar-refractivity contribution in [2.45, 2.75) is 0 Å². The Morgan fingerprint density at radius 1 is 1.67 bits per heavy atom. The Morgan fingerprint density at radius 3 is 3.07 bits per heavy atom. The molecular weight excluding hydrogens is 282 g/mol. The zero-order chi connectivity index (χ0) is 10.8. The Bertz CT molecular complexity index is 480. The van der Waals surface area contributed by atoms with Crippen molar-refractivity contribution in [2.24, 2.45) is 0 Å². The van der Waals surface area contributed by atoms with Gasteiger partial charge in [0.05, 0.1) is 7.11 Å². The van der Waals surface area contributed by atoms with Crippen molar-refractivity contribution in [3.05, 3.63) is 22.0 Å². The fourth-order valence-electron chi connectivity index (χ4n) is 1.08. The molecule has 2 aromatic rings. The monoisotopic (exact) mass is 287 g/mol. The number of carbonyl (C=O) groups is 1. The van der Waals surface area contributed by atoms with Crippen LogP contribution in [-0.4, -0.2) is 28.0 Å². The zero-order valence-corrected chi connectivity index (χ0v) is 10.1. The van der Waals surface area contributed by atoms with Crippen LogP contribution in [0.25, 0.3) is 10.7 Å². The van der Waals surface area contributed by atoms with E-state index < -0.39 is 5.97 Å². The van der Waals surface area contributed by atoms with E-state index in [1.165, 1.54) is 18.4 Å². The summed E-state index contributed by atoms with van der Waals surface area (Å²) in [6.45, 7) is 0. The quantitative estimate of drug-likeness (QED) is 0.859. The molecule has 0 bridgehead atoms. The lowest BCUT2D eigenvalue weighted by atomic mass is 10.3. The molecule has 0 radical (unpaired) electrons. The number of methoxy groups -OCH3 is 1. The first-order valence-electron chi connectivity index (χ1n) is 3.96. The van der Waals surface area contributed by atoms with Gasteiger partial charge in [-0.15, -0.1) is 11.3 Å². The molecule has 78 valence electrons. The van der Waals surface area contributed by atoms with E-state index in [0.29, 0.717) is 14.6 Å². The molecule has 0 aromatic carbocycles. The molecule has 0 unspecified atom stereocenters. The van der Waals surface area contributed by atoms with Gasteiger partial charge in [0.1, 0.15) is 10.7 Å². The van der Waals surface area contributed by atoms with E-state index in [1.54, 1.807) is 12.4 Å². The minimum Gasteiger partial charge on any atom is -0.464 e. The first kappa shape index (κ1) is 10.3. The molecule has 0 amide bonds. The largest absolute Gasteiger partial charge is 0.464 e. The van der Waals surface area contributed by atoms with Crippen molar-refractivity contribution in [1.82, 2.24) is 15.0 Å². The number of halogens is 1. The molecule has 0 saturated carbocycles. The van der Waals surface area contributed by atoms with Crippen molar-refractivity contribution in [3.8, 4) is 10.7 Å². The van der Waals surface area contributed by atoms with Crippen LogP contribution in [0.4, 0.5) is 0 Å². The van der Waals surface area contributed by atoms with Crippen LogP contribution in [0.3, 0.4) is 0 Å². The minimum absolute atomic E-state index is 0.268. The topological polar surface area (TPSA) is 67.9 Å². The highest BCUT2D eigenvalue weighted by molar-refractivity contribution is 9.11. The lowest BCUT2D eigenvalue weighted by Gasteiger charge is -1.96. The standard InChI is InChI=1S/C8H6BrN3O2S/c1-14-7(13)4-5(15-8(9)12-4)6-10-2-3-11-6/h2-3H,1H3,(H,10,11). The number of ether oxygens (including phenoxy) is 1. The number of nitrogens with zero attached hydrogens (tertiary/aromatic N) is 2. The van der Waals surface area contributed by atoms with Gasteiger partial charge in [-0.2, -0.15) is 0 Å². The first-order chi connectivity index (χ1) is 7.22. The fraction of sp³-hybridized carbons (Fsp3) is 0.125. The van der Waals surface area contributed by atoms with Gasteiger partial charge in [-0.25, -0.2) is 14.8 Å². The molecular formula is C8H6BrN3O2S. The first-order valence-corrected chi connectivity index (χ1v) is 5.57. The predicted octanol–water partition coefficient (Wildman–Crippen LogP) is 2.08. The smallest absolute Gasteiger partial charge is 0.358 e. The molecule has 0 aliphatic carbocycles. The summed E-state index contributed by atoms with van der Waals surface area (Å²) in [5.41, 5.74) is 0.268. The molecule has 2 heterocycles. The molecule has 2 aromatic heterocycles. The number of aromatic nitrogens is 3. The number of esters is 1. The molecule has 0 aliphatic rings. The zero-order valence-electron chi connectivity index (χ0n) is 7.65. The summed E-state index contributed by atoms with van der Waals surface area (Å²) in [5, 5.41) is 0. The van der Waals surface area contributed by atoms with Crippen LogP contribution in [-0.2, 0) is 4.74 Å². The molecule has 0 spiro atoms. The van der Waals surface area contributed by atoms with E-state index in [0.717, 1.165) is 0 Å². The Morgan fingerprint density at radius 2 is 2.47 bits per heavy atom. The number of imidazole rings is 1. The average Bonchev–Trinajstić information content (AvgIpc) is 2.84. The van der Waals surface area contributed by atoms with Crippen LogP contribution in [0.1, 0.15) is 10.5 Å². The van der Waals surface area contributed by atoms with Gasteiger partial charge in [-0.1, -0.05) is 0 Å². The number of hydrogen-bond acceptors (Lipinski definition) is 5. The van der Waals surface area contributed by atoms with E-state index >= 15 is 0 Å². The van der Waals surface area contributed by atoms with Crippen LogP contribution >= 0.6 is 27.3 Å². The average molecular weight is 288 g/mol. The highest BCUT2D eigenvalue weighted by Crippen LogP contribution is 2.31. The third kappa shape index (κ3) is 1.93. The number of H-pyrrole nitrogens is 1. The third-order valence-electron chi connectivity index (χ3n) is 1.69. The van der Waals surface area contributed by atoms with E-state index in [1.807, 2.05) is 0 Å². The number of carbonyl (C=O) groups excluding carboxylic acids is 1. The number of hydrogen-bond donors (Lipinski definition) is 1. The highest BCUT2D eigenvalue weighted by atomic mass is 79.9. The van der Waals surface area contributed by atoms with Crippen LogP contribution in [0.5, 0.6) is 0 Å². The van der Waals surface area contributed by atoms with Crippen molar-refractivity contribution >= 4 is 33.2 Å². The van der Waals surface area contributed by atoms with Gasteiger partial charge in [0, 0.05) is 12.4 Å². The summed E-state index contributed by atoms with van der Waals surface area (Å²) in [5.74, 6) is 0.141. The minimum atomic E-state index is -0.469. The van der Waals surface area contributed by atoms with Gasteiger partial charge in [0.15, 0.2) is 9.61 Å². The van der Waals surface area contributed by atoms with Crippen LogP contribution < -0.4 is 0 Å². The molecule has 7 heteroatoms. The van der Waals surface area contributed by atoms with Gasteiger partial charge < -0.3 is 9.72 Å². The summed E-state index contributed by atoms with van der Waals surface area (Å²) in [4.78, 5) is 23.1. The summed E-state index contributed by atoms with van der Waals surface area (Å²) in [6, 6.07) is 0. The number of aromatic amines is 1. The van der Waals surface area contributed by atoms with Gasteiger partial charge in [0.2, 0.25) is 0 Å². The number of nitrogens with one attached hydrogen (secondary N) is 1. The van der Waals surface area contributed by atoms with Gasteiger partial charge in [-0.3, -0.25) is 0 Å². The SMILES string of the molecule is COC(=O)c1nc(Br)sc1-c1ncc[nH]1. The molecule has 0 saturated heterocycles. The van der Waals surface area contributed by atoms with Crippen LogP contribution in [0.2, 0.25) is 0 Å².